The van der Waals surface area contributed by atoms with Crippen LogP contribution in [0.25, 0.3) is 10.8 Å². The van der Waals surface area contributed by atoms with Crippen LogP contribution in [0.2, 0.25) is 0 Å². The van der Waals surface area contributed by atoms with Crippen LogP contribution in [0, 0.1) is 23.4 Å². The van der Waals surface area contributed by atoms with Crippen molar-refractivity contribution in [1.82, 2.24) is 0 Å². The van der Waals surface area contributed by atoms with Crippen LogP contribution in [0.15, 0.2) is 48.5 Å². The molecule has 1 fully saturated rings. The molecular weight excluding hydrogens is 405 g/mol. The van der Waals surface area contributed by atoms with E-state index in [1.165, 1.54) is 63.0 Å². The second kappa shape index (κ2) is 10.6. The zero-order valence-corrected chi connectivity index (χ0v) is 19.0. The molecule has 3 heteroatoms. The molecule has 3 aromatic rings. The summed E-state index contributed by atoms with van der Waals surface area (Å²) in [5.41, 5.74) is 2.62. The molecule has 1 aliphatic rings. The molecule has 32 heavy (non-hydrogen) atoms. The average molecular weight is 439 g/mol. The van der Waals surface area contributed by atoms with Gasteiger partial charge < -0.3 is 0 Å². The summed E-state index contributed by atoms with van der Waals surface area (Å²) in [5.74, 6) is -0.447. The third kappa shape index (κ3) is 5.36. The van der Waals surface area contributed by atoms with E-state index in [4.69, 9.17) is 0 Å². The van der Waals surface area contributed by atoms with Crippen molar-refractivity contribution < 1.29 is 13.2 Å². The van der Waals surface area contributed by atoms with E-state index in [1.54, 1.807) is 6.07 Å². The molecule has 0 aliphatic heterocycles. The summed E-state index contributed by atoms with van der Waals surface area (Å²) in [4.78, 5) is 0. The van der Waals surface area contributed by atoms with Crippen LogP contribution in [0.4, 0.5) is 13.2 Å². The molecule has 0 saturated heterocycles. The lowest BCUT2D eigenvalue weighted by atomic mass is 9.76. The topological polar surface area (TPSA) is 0 Å². The summed E-state index contributed by atoms with van der Waals surface area (Å²) >= 11 is 0. The van der Waals surface area contributed by atoms with Gasteiger partial charge in [-0.3, -0.25) is 0 Å². The van der Waals surface area contributed by atoms with Gasteiger partial charge in [0, 0.05) is 5.39 Å². The number of rotatable bonds is 8. The van der Waals surface area contributed by atoms with Gasteiger partial charge in [0.1, 0.15) is 5.82 Å². The molecule has 0 radical (unpaired) electrons. The highest BCUT2D eigenvalue weighted by molar-refractivity contribution is 5.84. The van der Waals surface area contributed by atoms with Gasteiger partial charge in [0.2, 0.25) is 0 Å². The van der Waals surface area contributed by atoms with E-state index in [9.17, 15) is 8.78 Å². The van der Waals surface area contributed by atoms with Crippen LogP contribution in [-0.4, -0.2) is 0 Å². The van der Waals surface area contributed by atoms with Gasteiger partial charge in [0.25, 0.3) is 0 Å². The average Bonchev–Trinajstić information content (AvgIpc) is 2.81. The highest BCUT2D eigenvalue weighted by Crippen LogP contribution is 2.39. The fourth-order valence-corrected chi connectivity index (χ4v) is 5.24. The van der Waals surface area contributed by atoms with Gasteiger partial charge in [-0.2, -0.15) is 0 Å². The van der Waals surface area contributed by atoms with Gasteiger partial charge in [-0.25, -0.2) is 13.2 Å². The van der Waals surface area contributed by atoms with E-state index in [1.807, 2.05) is 18.2 Å². The van der Waals surface area contributed by atoms with Gasteiger partial charge >= 0.3 is 0 Å². The lowest BCUT2D eigenvalue weighted by Gasteiger charge is -2.29. The summed E-state index contributed by atoms with van der Waals surface area (Å²) in [6.07, 6.45) is 11.4. The van der Waals surface area contributed by atoms with Crippen LogP contribution >= 0.6 is 0 Å². The number of aryl methyl sites for hydroxylation is 2. The quantitative estimate of drug-likeness (QED) is 0.308. The van der Waals surface area contributed by atoms with Crippen LogP contribution in [-0.2, 0) is 12.8 Å². The Labute approximate surface area is 189 Å². The predicted octanol–water partition coefficient (Wildman–Crippen LogP) is 8.90. The zero-order valence-electron chi connectivity index (χ0n) is 19.0. The second-order valence-corrected chi connectivity index (χ2v) is 9.48. The van der Waals surface area contributed by atoms with E-state index < -0.39 is 11.6 Å². The van der Waals surface area contributed by atoms with Crippen molar-refractivity contribution in [3.8, 4) is 0 Å². The molecular formula is C29H33F3. The Morgan fingerprint density at radius 3 is 2.34 bits per heavy atom. The van der Waals surface area contributed by atoms with Crippen molar-refractivity contribution in [2.45, 2.75) is 77.0 Å². The SMILES string of the molecule is CCCCCC1CCC(c2ccc3c(F)c(CCc4ccc(F)c(F)c4)ccc3c2)CC1. The molecule has 0 aromatic heterocycles. The Hall–Kier alpha value is -2.29. The standard InChI is InChI=1S/C29H33F3/c1-2-3-4-5-20-6-10-22(11-7-20)24-15-16-26-25(19-24)14-13-23(29(26)32)12-8-21-9-17-27(30)28(31)18-21/h9,13-20,22H,2-8,10-12H2,1H3. The summed E-state index contributed by atoms with van der Waals surface area (Å²) in [7, 11) is 0. The van der Waals surface area contributed by atoms with Gasteiger partial charge in [0.05, 0.1) is 0 Å². The number of unbranched alkanes of at least 4 members (excludes halogenated alkanes) is 2. The molecule has 3 aromatic carbocycles. The third-order valence-corrected chi connectivity index (χ3v) is 7.26. The van der Waals surface area contributed by atoms with Crippen LogP contribution < -0.4 is 0 Å². The Morgan fingerprint density at radius 1 is 0.781 bits per heavy atom. The fraction of sp³-hybridized carbons (Fsp3) is 0.448. The van der Waals surface area contributed by atoms with Crippen molar-refractivity contribution in [2.75, 3.05) is 0 Å². The molecule has 0 atom stereocenters. The monoisotopic (exact) mass is 438 g/mol. The molecule has 0 amide bonds. The van der Waals surface area contributed by atoms with Crippen molar-refractivity contribution in [2.24, 2.45) is 5.92 Å². The van der Waals surface area contributed by atoms with Crippen molar-refractivity contribution in [3.63, 3.8) is 0 Å². The molecule has 0 spiro atoms. The molecule has 1 saturated carbocycles. The van der Waals surface area contributed by atoms with E-state index in [0.29, 0.717) is 35.3 Å². The van der Waals surface area contributed by atoms with E-state index in [0.717, 1.165) is 17.4 Å². The minimum atomic E-state index is -0.857. The summed E-state index contributed by atoms with van der Waals surface area (Å²) in [6.45, 7) is 2.26. The summed E-state index contributed by atoms with van der Waals surface area (Å²) in [6, 6.07) is 13.9. The summed E-state index contributed by atoms with van der Waals surface area (Å²) < 4.78 is 41.7. The highest BCUT2D eigenvalue weighted by Gasteiger charge is 2.22. The number of benzene rings is 3. The molecule has 0 N–H and O–H groups in total. The highest BCUT2D eigenvalue weighted by atomic mass is 19.2. The Bertz CT molecular complexity index is 1050. The maximum Gasteiger partial charge on any atom is 0.159 e. The third-order valence-electron chi connectivity index (χ3n) is 7.26. The number of halogens is 3. The Balaban J connectivity index is 1.41. The van der Waals surface area contributed by atoms with E-state index >= 15 is 4.39 Å². The number of fused-ring (bicyclic) bond motifs is 1. The smallest absolute Gasteiger partial charge is 0.159 e. The largest absolute Gasteiger partial charge is 0.206 e. The molecule has 0 unspecified atom stereocenters. The molecule has 1 aliphatic carbocycles. The van der Waals surface area contributed by atoms with Crippen LogP contribution in [0.1, 0.15) is 80.9 Å². The number of hydrogen-bond acceptors (Lipinski definition) is 0. The summed E-state index contributed by atoms with van der Waals surface area (Å²) in [5, 5.41) is 1.59. The normalized spacial score (nSPS) is 18.9. The van der Waals surface area contributed by atoms with Gasteiger partial charge in [0.15, 0.2) is 11.6 Å². The molecule has 170 valence electrons. The maximum atomic E-state index is 15.2. The minimum Gasteiger partial charge on any atom is -0.206 e. The Morgan fingerprint density at radius 2 is 1.59 bits per heavy atom. The lowest BCUT2D eigenvalue weighted by molar-refractivity contribution is 0.303. The molecule has 0 bridgehead atoms. The van der Waals surface area contributed by atoms with Gasteiger partial charge in [-0.05, 0) is 84.6 Å². The van der Waals surface area contributed by atoms with Crippen molar-refractivity contribution >= 4 is 10.8 Å². The lowest BCUT2D eigenvalue weighted by Crippen LogP contribution is -2.13. The Kier molecular flexibility index (Phi) is 7.55. The first-order valence-corrected chi connectivity index (χ1v) is 12.2. The molecule has 0 heterocycles. The fourth-order valence-electron chi connectivity index (χ4n) is 5.24. The van der Waals surface area contributed by atoms with E-state index in [2.05, 4.69) is 19.1 Å². The van der Waals surface area contributed by atoms with Crippen molar-refractivity contribution in [1.29, 1.82) is 0 Å². The van der Waals surface area contributed by atoms with Crippen LogP contribution in [0.3, 0.4) is 0 Å². The zero-order chi connectivity index (χ0) is 22.5. The predicted molar refractivity (Wildman–Crippen MR) is 127 cm³/mol. The first kappa shape index (κ1) is 22.9. The molecule has 0 nitrogen and oxygen atoms in total. The van der Waals surface area contributed by atoms with Gasteiger partial charge in [-0.15, -0.1) is 0 Å². The molecule has 4 rings (SSSR count). The number of hydrogen-bond donors (Lipinski definition) is 0. The van der Waals surface area contributed by atoms with E-state index in [-0.39, 0.29) is 5.82 Å². The van der Waals surface area contributed by atoms with Crippen LogP contribution in [0.5, 0.6) is 0 Å². The first-order chi connectivity index (χ1) is 15.5. The second-order valence-electron chi connectivity index (χ2n) is 9.48. The first-order valence-electron chi connectivity index (χ1n) is 12.2. The van der Waals surface area contributed by atoms with Gasteiger partial charge in [-0.1, -0.05) is 69.0 Å². The minimum absolute atomic E-state index is 0.198. The maximum absolute atomic E-state index is 15.2. The van der Waals surface area contributed by atoms with Crippen molar-refractivity contribution in [3.05, 3.63) is 82.7 Å².